The van der Waals surface area contributed by atoms with Crippen molar-refractivity contribution in [2.45, 2.75) is 6.92 Å². The van der Waals surface area contributed by atoms with Gasteiger partial charge in [0, 0.05) is 5.69 Å². The molecule has 4 rings (SSSR count). The molecule has 0 radical (unpaired) electrons. The number of imide groups is 1. The van der Waals surface area contributed by atoms with Crippen LogP contribution in [0.1, 0.15) is 11.1 Å². The average molecular weight is 420 g/mol. The lowest BCUT2D eigenvalue weighted by Crippen LogP contribution is -2.36. The average Bonchev–Trinajstić information content (AvgIpc) is 2.99. The lowest BCUT2D eigenvalue weighted by Gasteiger charge is -2.12. The third kappa shape index (κ3) is 3.90. The van der Waals surface area contributed by atoms with Gasteiger partial charge >= 0.3 is 0 Å². The second-order valence-electron chi connectivity index (χ2n) is 6.70. The van der Waals surface area contributed by atoms with Gasteiger partial charge in [-0.25, -0.2) is 0 Å². The number of hydrogen-bond donors (Lipinski definition) is 1. The van der Waals surface area contributed by atoms with Crippen LogP contribution in [0.4, 0.5) is 10.5 Å². The molecule has 0 aliphatic carbocycles. The first-order chi connectivity index (χ1) is 14.4. The second kappa shape index (κ2) is 8.00. The van der Waals surface area contributed by atoms with E-state index in [-0.39, 0.29) is 15.9 Å². The molecule has 3 aromatic rings. The Kier molecular flexibility index (Phi) is 5.24. The van der Waals surface area contributed by atoms with Crippen molar-refractivity contribution in [1.82, 2.24) is 4.90 Å². The van der Waals surface area contributed by atoms with Crippen LogP contribution in [-0.4, -0.2) is 28.5 Å². The Balaban J connectivity index is 1.52. The molecule has 1 N–H and O–H groups in total. The summed E-state index contributed by atoms with van der Waals surface area (Å²) in [5.41, 5.74) is 1.90. The summed E-state index contributed by atoms with van der Waals surface area (Å²) in [5.74, 6) is -1.12. The van der Waals surface area contributed by atoms with E-state index in [1.807, 2.05) is 19.1 Å². The molecule has 0 saturated carbocycles. The van der Waals surface area contributed by atoms with E-state index >= 15 is 0 Å². The van der Waals surface area contributed by atoms with E-state index in [0.717, 1.165) is 10.5 Å². The van der Waals surface area contributed by atoms with Gasteiger partial charge in [-0.3, -0.25) is 24.1 Å². The predicted molar refractivity (Wildman–Crippen MR) is 115 cm³/mol. The minimum atomic E-state index is -0.628. The third-order valence-electron chi connectivity index (χ3n) is 4.50. The normalized spacial score (nSPS) is 15.2. The van der Waals surface area contributed by atoms with Crippen LogP contribution in [0.25, 0.3) is 17.0 Å². The number of fused-ring (bicyclic) bond motifs is 1. The van der Waals surface area contributed by atoms with E-state index in [0.29, 0.717) is 28.4 Å². The Labute approximate surface area is 175 Å². The van der Waals surface area contributed by atoms with Gasteiger partial charge in [-0.05, 0) is 49.0 Å². The summed E-state index contributed by atoms with van der Waals surface area (Å²) in [6.45, 7) is 1.51. The van der Waals surface area contributed by atoms with Crippen LogP contribution < -0.4 is 10.7 Å². The van der Waals surface area contributed by atoms with Crippen molar-refractivity contribution in [1.29, 1.82) is 0 Å². The van der Waals surface area contributed by atoms with E-state index in [1.165, 1.54) is 12.3 Å². The van der Waals surface area contributed by atoms with Crippen LogP contribution in [0.3, 0.4) is 0 Å². The van der Waals surface area contributed by atoms with Crippen LogP contribution in [0.15, 0.2) is 68.9 Å². The highest BCUT2D eigenvalue weighted by Gasteiger charge is 2.36. The van der Waals surface area contributed by atoms with Crippen LogP contribution in [0, 0.1) is 6.92 Å². The molecule has 150 valence electrons. The molecule has 0 spiro atoms. The maximum absolute atomic E-state index is 12.6. The molecule has 0 atom stereocenters. The van der Waals surface area contributed by atoms with Crippen molar-refractivity contribution >= 4 is 51.5 Å². The number of para-hydroxylation sites is 1. The van der Waals surface area contributed by atoms with Gasteiger partial charge in [-0.15, -0.1) is 0 Å². The second-order valence-corrected chi connectivity index (χ2v) is 7.69. The number of anilines is 1. The zero-order valence-corrected chi connectivity index (χ0v) is 16.7. The van der Waals surface area contributed by atoms with E-state index in [1.54, 1.807) is 36.4 Å². The minimum Gasteiger partial charge on any atom is -0.463 e. The smallest absolute Gasteiger partial charge is 0.294 e. The number of aryl methyl sites for hydroxylation is 1. The quantitative estimate of drug-likeness (QED) is 0.646. The predicted octanol–water partition coefficient (Wildman–Crippen LogP) is 3.78. The van der Waals surface area contributed by atoms with E-state index in [9.17, 15) is 19.2 Å². The topological polar surface area (TPSA) is 96.7 Å². The largest absolute Gasteiger partial charge is 0.463 e. The van der Waals surface area contributed by atoms with Crippen LogP contribution in [0.5, 0.6) is 0 Å². The number of nitrogens with zero attached hydrogens (tertiary/aromatic N) is 1. The van der Waals surface area contributed by atoms with Crippen LogP contribution in [0.2, 0.25) is 0 Å². The van der Waals surface area contributed by atoms with Crippen molar-refractivity contribution in [3.63, 3.8) is 0 Å². The first kappa shape index (κ1) is 19.7. The molecular weight excluding hydrogens is 404 g/mol. The van der Waals surface area contributed by atoms with E-state index < -0.39 is 23.6 Å². The number of thioether (sulfide) groups is 1. The Bertz CT molecular complexity index is 1260. The number of benzene rings is 2. The van der Waals surface area contributed by atoms with Gasteiger partial charge in [0.25, 0.3) is 11.1 Å². The van der Waals surface area contributed by atoms with Gasteiger partial charge in [-0.2, -0.15) is 0 Å². The standard InChI is InChI=1S/C22H16N2O5S/c1-13-6-8-15(9-7-13)23-19(25)11-24-21(27)18(30-22(24)28)10-14-12-29-17-5-3-2-4-16(17)20(14)26/h2-10,12H,11H2,1H3,(H,23,25)/b18-10+. The van der Waals surface area contributed by atoms with Crippen molar-refractivity contribution < 1.29 is 18.8 Å². The first-order valence-electron chi connectivity index (χ1n) is 9.05. The molecule has 1 aromatic heterocycles. The Morgan fingerprint density at radius 1 is 1.10 bits per heavy atom. The fourth-order valence-electron chi connectivity index (χ4n) is 2.95. The Morgan fingerprint density at radius 3 is 2.60 bits per heavy atom. The first-order valence-corrected chi connectivity index (χ1v) is 9.86. The lowest BCUT2D eigenvalue weighted by atomic mass is 10.1. The van der Waals surface area contributed by atoms with Gasteiger partial charge in [0.1, 0.15) is 18.4 Å². The SMILES string of the molecule is Cc1ccc(NC(=O)CN2C(=O)S/C(=C/c3coc4ccccc4c3=O)C2=O)cc1. The molecule has 1 aliphatic rings. The van der Waals surface area contributed by atoms with E-state index in [4.69, 9.17) is 4.42 Å². The summed E-state index contributed by atoms with van der Waals surface area (Å²) in [6.07, 6.45) is 2.57. The number of amides is 3. The number of carbonyl (C=O) groups excluding carboxylic acids is 3. The highest BCUT2D eigenvalue weighted by atomic mass is 32.2. The van der Waals surface area contributed by atoms with Crippen molar-refractivity contribution in [2.24, 2.45) is 0 Å². The molecule has 7 nitrogen and oxygen atoms in total. The maximum Gasteiger partial charge on any atom is 0.294 e. The summed E-state index contributed by atoms with van der Waals surface area (Å²) in [6, 6.07) is 13.9. The molecule has 2 aromatic carbocycles. The molecule has 0 unspecified atom stereocenters. The molecule has 1 aliphatic heterocycles. The fraction of sp³-hybridized carbons (Fsp3) is 0.0909. The number of hydrogen-bond acceptors (Lipinski definition) is 6. The molecule has 2 heterocycles. The maximum atomic E-state index is 12.6. The molecule has 1 fully saturated rings. The zero-order valence-electron chi connectivity index (χ0n) is 15.9. The summed E-state index contributed by atoms with van der Waals surface area (Å²) >= 11 is 0.679. The monoisotopic (exact) mass is 420 g/mol. The van der Waals surface area contributed by atoms with Crippen LogP contribution >= 0.6 is 11.8 Å². The van der Waals surface area contributed by atoms with Gasteiger partial charge in [0.15, 0.2) is 5.43 Å². The summed E-state index contributed by atoms with van der Waals surface area (Å²) in [4.78, 5) is 50.7. The van der Waals surface area contributed by atoms with Crippen LogP contribution in [-0.2, 0) is 9.59 Å². The lowest BCUT2D eigenvalue weighted by molar-refractivity contribution is -0.127. The molecule has 3 amide bonds. The molecule has 1 saturated heterocycles. The zero-order chi connectivity index (χ0) is 21.3. The van der Waals surface area contributed by atoms with E-state index in [2.05, 4.69) is 5.32 Å². The highest BCUT2D eigenvalue weighted by Crippen LogP contribution is 2.32. The van der Waals surface area contributed by atoms with Crippen molar-refractivity contribution in [3.05, 3.63) is 81.0 Å². The van der Waals surface area contributed by atoms with Gasteiger partial charge in [0.05, 0.1) is 15.9 Å². The number of carbonyl (C=O) groups is 3. The van der Waals surface area contributed by atoms with Gasteiger partial charge < -0.3 is 9.73 Å². The van der Waals surface area contributed by atoms with Gasteiger partial charge in [0.2, 0.25) is 5.91 Å². The van der Waals surface area contributed by atoms with Gasteiger partial charge in [-0.1, -0.05) is 29.8 Å². The minimum absolute atomic E-state index is 0.0608. The molecule has 8 heteroatoms. The third-order valence-corrected chi connectivity index (χ3v) is 5.41. The Hall–Kier alpha value is -3.65. The summed E-state index contributed by atoms with van der Waals surface area (Å²) < 4.78 is 5.43. The molecule has 30 heavy (non-hydrogen) atoms. The molecular formula is C22H16N2O5S. The van der Waals surface area contributed by atoms with Crippen molar-refractivity contribution in [2.75, 3.05) is 11.9 Å². The fourth-order valence-corrected chi connectivity index (χ4v) is 3.78. The number of nitrogens with one attached hydrogen (secondary N) is 1. The molecule has 0 bridgehead atoms. The number of rotatable bonds is 4. The van der Waals surface area contributed by atoms with Crippen molar-refractivity contribution in [3.8, 4) is 0 Å². The highest BCUT2D eigenvalue weighted by molar-refractivity contribution is 8.18. The Morgan fingerprint density at radius 2 is 1.83 bits per heavy atom. The summed E-state index contributed by atoms with van der Waals surface area (Å²) in [5, 5.41) is 2.46. The summed E-state index contributed by atoms with van der Waals surface area (Å²) in [7, 11) is 0.